The molecule has 1 amide bonds. The molecule has 0 bridgehead atoms. The lowest BCUT2D eigenvalue weighted by molar-refractivity contribution is 0.0951. The standard InChI is InChI=1S/C14H24N4O/c1-11(2)18(3)8-4-6-17-14(19)12-5-7-16-13(9-12)10-15/h5,7,9,11H,4,6,8,10,15H2,1-3H3,(H,17,19). The second-order valence-corrected chi connectivity index (χ2v) is 4.92. The lowest BCUT2D eigenvalue weighted by Crippen LogP contribution is -2.31. The maximum Gasteiger partial charge on any atom is 0.251 e. The van der Waals surface area contributed by atoms with Crippen molar-refractivity contribution in [2.45, 2.75) is 32.9 Å². The van der Waals surface area contributed by atoms with E-state index in [1.54, 1.807) is 18.3 Å². The monoisotopic (exact) mass is 264 g/mol. The van der Waals surface area contributed by atoms with E-state index in [1.807, 2.05) is 0 Å². The van der Waals surface area contributed by atoms with Crippen LogP contribution >= 0.6 is 0 Å². The SMILES string of the molecule is CC(C)N(C)CCCNC(=O)c1ccnc(CN)c1. The lowest BCUT2D eigenvalue weighted by atomic mass is 10.2. The van der Waals surface area contributed by atoms with Gasteiger partial charge in [-0.1, -0.05) is 0 Å². The van der Waals surface area contributed by atoms with Crippen molar-refractivity contribution >= 4 is 5.91 Å². The van der Waals surface area contributed by atoms with Gasteiger partial charge in [0.2, 0.25) is 0 Å². The number of rotatable bonds is 7. The number of aromatic nitrogens is 1. The molecule has 5 nitrogen and oxygen atoms in total. The molecule has 0 aliphatic carbocycles. The maximum atomic E-state index is 11.9. The zero-order valence-corrected chi connectivity index (χ0v) is 12.0. The van der Waals surface area contributed by atoms with Gasteiger partial charge in [-0.25, -0.2) is 0 Å². The van der Waals surface area contributed by atoms with Gasteiger partial charge in [-0.3, -0.25) is 9.78 Å². The fourth-order valence-electron chi connectivity index (χ4n) is 1.62. The fourth-order valence-corrected chi connectivity index (χ4v) is 1.62. The first-order valence-electron chi connectivity index (χ1n) is 6.68. The fraction of sp³-hybridized carbons (Fsp3) is 0.571. The van der Waals surface area contributed by atoms with Crippen LogP contribution in [0.25, 0.3) is 0 Å². The minimum absolute atomic E-state index is 0.0655. The van der Waals surface area contributed by atoms with E-state index < -0.39 is 0 Å². The van der Waals surface area contributed by atoms with Gasteiger partial charge in [0.1, 0.15) is 0 Å². The molecular formula is C14H24N4O. The molecule has 3 N–H and O–H groups in total. The van der Waals surface area contributed by atoms with Crippen molar-refractivity contribution in [1.82, 2.24) is 15.2 Å². The van der Waals surface area contributed by atoms with Crippen LogP contribution in [0, 0.1) is 0 Å². The highest BCUT2D eigenvalue weighted by Crippen LogP contribution is 2.01. The highest BCUT2D eigenvalue weighted by atomic mass is 16.1. The molecule has 0 atom stereocenters. The van der Waals surface area contributed by atoms with Crippen molar-refractivity contribution in [3.8, 4) is 0 Å². The summed E-state index contributed by atoms with van der Waals surface area (Å²) in [4.78, 5) is 18.2. The summed E-state index contributed by atoms with van der Waals surface area (Å²) in [5.41, 5.74) is 6.85. The molecule has 1 heterocycles. The number of nitrogens with one attached hydrogen (secondary N) is 1. The Labute approximate surface area is 115 Å². The number of nitrogens with two attached hydrogens (primary N) is 1. The number of amides is 1. The third-order valence-corrected chi connectivity index (χ3v) is 3.14. The Morgan fingerprint density at radius 1 is 1.53 bits per heavy atom. The number of carbonyl (C=O) groups is 1. The van der Waals surface area contributed by atoms with E-state index in [0.717, 1.165) is 18.7 Å². The average Bonchev–Trinajstić information content (AvgIpc) is 2.42. The molecule has 1 rings (SSSR count). The van der Waals surface area contributed by atoms with E-state index in [-0.39, 0.29) is 5.91 Å². The summed E-state index contributed by atoms with van der Waals surface area (Å²) in [6.45, 7) is 6.31. The molecule has 1 aromatic heterocycles. The molecule has 1 aromatic rings. The molecular weight excluding hydrogens is 240 g/mol. The van der Waals surface area contributed by atoms with Crippen LogP contribution in [0.5, 0.6) is 0 Å². The first-order chi connectivity index (χ1) is 9.04. The highest BCUT2D eigenvalue weighted by molar-refractivity contribution is 5.94. The van der Waals surface area contributed by atoms with Crippen LogP contribution < -0.4 is 11.1 Å². The number of hydrogen-bond donors (Lipinski definition) is 2. The smallest absolute Gasteiger partial charge is 0.251 e. The van der Waals surface area contributed by atoms with Crippen molar-refractivity contribution in [2.75, 3.05) is 20.1 Å². The lowest BCUT2D eigenvalue weighted by Gasteiger charge is -2.20. The predicted molar refractivity (Wildman–Crippen MR) is 76.8 cm³/mol. The average molecular weight is 264 g/mol. The van der Waals surface area contributed by atoms with Crippen LogP contribution in [0.2, 0.25) is 0 Å². The second kappa shape index (κ2) is 7.86. The Bertz CT molecular complexity index is 406. The van der Waals surface area contributed by atoms with Gasteiger partial charge in [-0.2, -0.15) is 0 Å². The number of pyridine rings is 1. The topological polar surface area (TPSA) is 71.2 Å². The number of carbonyl (C=O) groups excluding carboxylic acids is 1. The summed E-state index contributed by atoms with van der Waals surface area (Å²) < 4.78 is 0. The minimum atomic E-state index is -0.0655. The van der Waals surface area contributed by atoms with E-state index in [9.17, 15) is 4.79 Å². The van der Waals surface area contributed by atoms with Crippen LogP contribution in [0.1, 0.15) is 36.3 Å². The Morgan fingerprint density at radius 2 is 2.26 bits per heavy atom. The number of nitrogens with zero attached hydrogens (tertiary/aromatic N) is 2. The predicted octanol–water partition coefficient (Wildman–Crippen LogP) is 1.00. The maximum absolute atomic E-state index is 11.9. The van der Waals surface area contributed by atoms with Crippen LogP contribution in [0.3, 0.4) is 0 Å². The molecule has 106 valence electrons. The molecule has 0 saturated heterocycles. The molecule has 0 aromatic carbocycles. The summed E-state index contributed by atoms with van der Waals surface area (Å²) in [5, 5.41) is 2.91. The van der Waals surface area contributed by atoms with Crippen LogP contribution in [-0.4, -0.2) is 42.0 Å². The van der Waals surface area contributed by atoms with Gasteiger partial charge in [0.05, 0.1) is 5.69 Å². The van der Waals surface area contributed by atoms with Gasteiger partial charge in [0.15, 0.2) is 0 Å². The van der Waals surface area contributed by atoms with E-state index in [2.05, 4.69) is 36.1 Å². The summed E-state index contributed by atoms with van der Waals surface area (Å²) in [5.74, 6) is -0.0655. The zero-order chi connectivity index (χ0) is 14.3. The second-order valence-electron chi connectivity index (χ2n) is 4.92. The Balaban J connectivity index is 2.35. The van der Waals surface area contributed by atoms with Crippen molar-refractivity contribution in [3.05, 3.63) is 29.6 Å². The molecule has 19 heavy (non-hydrogen) atoms. The van der Waals surface area contributed by atoms with Crippen LogP contribution in [0.15, 0.2) is 18.3 Å². The number of hydrogen-bond acceptors (Lipinski definition) is 4. The van der Waals surface area contributed by atoms with Crippen molar-refractivity contribution in [1.29, 1.82) is 0 Å². The van der Waals surface area contributed by atoms with Gasteiger partial charge >= 0.3 is 0 Å². The molecule has 0 aliphatic rings. The Morgan fingerprint density at radius 3 is 2.89 bits per heavy atom. The van der Waals surface area contributed by atoms with E-state index in [0.29, 0.717) is 24.7 Å². The highest BCUT2D eigenvalue weighted by Gasteiger charge is 2.06. The summed E-state index contributed by atoms with van der Waals surface area (Å²) >= 11 is 0. The van der Waals surface area contributed by atoms with Gasteiger partial charge < -0.3 is 16.0 Å². The quantitative estimate of drug-likeness (QED) is 0.721. The molecule has 0 fully saturated rings. The largest absolute Gasteiger partial charge is 0.352 e. The molecule has 0 spiro atoms. The summed E-state index contributed by atoms with van der Waals surface area (Å²) in [6.07, 6.45) is 2.55. The van der Waals surface area contributed by atoms with Crippen LogP contribution in [-0.2, 0) is 6.54 Å². The summed E-state index contributed by atoms with van der Waals surface area (Å²) in [6, 6.07) is 3.97. The van der Waals surface area contributed by atoms with Gasteiger partial charge in [-0.05, 0) is 46.0 Å². The van der Waals surface area contributed by atoms with Gasteiger partial charge in [0.25, 0.3) is 5.91 Å². The van der Waals surface area contributed by atoms with Crippen molar-refractivity contribution in [2.24, 2.45) is 5.73 Å². The molecule has 0 saturated carbocycles. The minimum Gasteiger partial charge on any atom is -0.352 e. The third-order valence-electron chi connectivity index (χ3n) is 3.14. The van der Waals surface area contributed by atoms with E-state index in [4.69, 9.17) is 5.73 Å². The summed E-state index contributed by atoms with van der Waals surface area (Å²) in [7, 11) is 2.09. The third kappa shape index (κ3) is 5.36. The van der Waals surface area contributed by atoms with Crippen molar-refractivity contribution < 1.29 is 4.79 Å². The zero-order valence-electron chi connectivity index (χ0n) is 12.0. The van der Waals surface area contributed by atoms with Gasteiger partial charge in [0, 0.05) is 30.9 Å². The normalized spacial score (nSPS) is 11.1. The molecule has 0 unspecified atom stereocenters. The molecule has 0 aliphatic heterocycles. The molecule has 0 radical (unpaired) electrons. The Kier molecular flexibility index (Phi) is 6.45. The van der Waals surface area contributed by atoms with Crippen molar-refractivity contribution in [3.63, 3.8) is 0 Å². The Hall–Kier alpha value is -1.46. The first-order valence-corrected chi connectivity index (χ1v) is 6.68. The van der Waals surface area contributed by atoms with E-state index >= 15 is 0 Å². The van der Waals surface area contributed by atoms with Crippen LogP contribution in [0.4, 0.5) is 0 Å². The first kappa shape index (κ1) is 15.6. The van der Waals surface area contributed by atoms with E-state index in [1.165, 1.54) is 0 Å². The van der Waals surface area contributed by atoms with Gasteiger partial charge in [-0.15, -0.1) is 0 Å². The molecule has 5 heteroatoms.